The Morgan fingerprint density at radius 2 is 1.79 bits per heavy atom. The molecule has 1 aromatic carbocycles. The molecule has 4 rings (SSSR count). The first kappa shape index (κ1) is 24.5. The van der Waals surface area contributed by atoms with Crippen molar-refractivity contribution < 1.29 is 38.4 Å². The van der Waals surface area contributed by atoms with Crippen LogP contribution in [0.2, 0.25) is 0 Å². The van der Waals surface area contributed by atoms with Gasteiger partial charge in [-0.15, -0.1) is 0 Å². The van der Waals surface area contributed by atoms with E-state index in [9.17, 15) is 14.7 Å². The third kappa shape index (κ3) is 5.08. The number of hydrogen-bond acceptors (Lipinski definition) is 7. The Labute approximate surface area is 200 Å². The van der Waals surface area contributed by atoms with E-state index in [0.717, 1.165) is 44.1 Å². The van der Waals surface area contributed by atoms with Crippen LogP contribution in [0.3, 0.4) is 0 Å². The summed E-state index contributed by atoms with van der Waals surface area (Å²) in [6, 6.07) is 1.89. The molecule has 186 valence electrons. The van der Waals surface area contributed by atoms with Crippen molar-refractivity contribution in [1.29, 1.82) is 0 Å². The molecule has 0 unspecified atom stereocenters. The first-order valence-electron chi connectivity index (χ1n) is 12.2. The van der Waals surface area contributed by atoms with Crippen LogP contribution in [0.1, 0.15) is 94.6 Å². The SMILES string of the molecule is CCOC(=O)/C(=C/c1cc(C2OCCCO2)c2c(c1C(C)C)OC1(CCCCC1)O2)CC(=O)O. The van der Waals surface area contributed by atoms with Gasteiger partial charge in [0, 0.05) is 24.0 Å². The number of fused-ring (bicyclic) bond motifs is 1. The van der Waals surface area contributed by atoms with Crippen LogP contribution in [-0.4, -0.2) is 42.7 Å². The molecule has 1 saturated carbocycles. The van der Waals surface area contributed by atoms with Crippen molar-refractivity contribution in [2.75, 3.05) is 19.8 Å². The van der Waals surface area contributed by atoms with Crippen molar-refractivity contribution >= 4 is 18.0 Å². The van der Waals surface area contributed by atoms with Crippen LogP contribution in [0.15, 0.2) is 11.6 Å². The summed E-state index contributed by atoms with van der Waals surface area (Å²) in [5, 5.41) is 9.40. The summed E-state index contributed by atoms with van der Waals surface area (Å²) in [6.07, 6.45) is 6.13. The highest BCUT2D eigenvalue weighted by atomic mass is 16.7. The van der Waals surface area contributed by atoms with Crippen LogP contribution in [0, 0.1) is 0 Å². The summed E-state index contributed by atoms with van der Waals surface area (Å²) >= 11 is 0. The molecular weight excluding hydrogens is 440 g/mol. The topological polar surface area (TPSA) is 101 Å². The number of carbonyl (C=O) groups is 2. The normalized spacial score (nSPS) is 20.1. The quantitative estimate of drug-likeness (QED) is 0.430. The number of aliphatic carboxylic acids is 1. The highest BCUT2D eigenvalue weighted by Gasteiger charge is 2.46. The van der Waals surface area contributed by atoms with Crippen LogP contribution < -0.4 is 9.47 Å². The fourth-order valence-electron chi connectivity index (χ4n) is 4.90. The summed E-state index contributed by atoms with van der Waals surface area (Å²) in [4.78, 5) is 24.1. The van der Waals surface area contributed by atoms with Gasteiger partial charge >= 0.3 is 11.9 Å². The third-order valence-electron chi connectivity index (χ3n) is 6.39. The number of carbonyl (C=O) groups excluding carboxylic acids is 1. The van der Waals surface area contributed by atoms with Gasteiger partial charge in [-0.1, -0.05) is 20.3 Å². The number of ether oxygens (including phenoxy) is 5. The number of carboxylic acids is 1. The van der Waals surface area contributed by atoms with Gasteiger partial charge in [-0.3, -0.25) is 4.79 Å². The Hall–Kier alpha value is -2.58. The van der Waals surface area contributed by atoms with Crippen LogP contribution in [0.4, 0.5) is 0 Å². The first-order valence-corrected chi connectivity index (χ1v) is 12.2. The Morgan fingerprint density at radius 1 is 1.12 bits per heavy atom. The van der Waals surface area contributed by atoms with Gasteiger partial charge < -0.3 is 28.8 Å². The van der Waals surface area contributed by atoms with Crippen LogP contribution in [0.5, 0.6) is 11.5 Å². The number of esters is 1. The molecule has 1 saturated heterocycles. The molecule has 0 atom stereocenters. The number of benzene rings is 1. The zero-order chi connectivity index (χ0) is 24.3. The molecule has 34 heavy (non-hydrogen) atoms. The monoisotopic (exact) mass is 474 g/mol. The number of rotatable bonds is 7. The van der Waals surface area contributed by atoms with Gasteiger partial charge in [-0.2, -0.15) is 0 Å². The molecule has 8 nitrogen and oxygen atoms in total. The van der Waals surface area contributed by atoms with Crippen molar-refractivity contribution in [1.82, 2.24) is 0 Å². The minimum absolute atomic E-state index is 0.0258. The maximum atomic E-state index is 12.6. The molecule has 2 aliphatic heterocycles. The van der Waals surface area contributed by atoms with Crippen molar-refractivity contribution in [3.63, 3.8) is 0 Å². The fourth-order valence-corrected chi connectivity index (χ4v) is 4.90. The van der Waals surface area contributed by atoms with E-state index >= 15 is 0 Å². The molecule has 2 heterocycles. The summed E-state index contributed by atoms with van der Waals surface area (Å²) < 4.78 is 30.1. The van der Waals surface area contributed by atoms with E-state index in [-0.39, 0.29) is 18.1 Å². The average molecular weight is 475 g/mol. The standard InChI is InChI=1S/C26H34O8/c1-4-30-24(29)18(15-20(27)28)13-17-14-19(25-31-11-8-12-32-25)22-23(21(17)16(2)3)34-26(33-22)9-6-5-7-10-26/h13-14,16,25H,4-12,15H2,1-3H3,(H,27,28)/b18-13+. The van der Waals surface area contributed by atoms with E-state index < -0.39 is 30.4 Å². The van der Waals surface area contributed by atoms with Crippen molar-refractivity contribution in [3.8, 4) is 11.5 Å². The lowest BCUT2D eigenvalue weighted by atomic mass is 9.91. The predicted octanol–water partition coefficient (Wildman–Crippen LogP) is 5.10. The molecule has 0 aromatic heterocycles. The Balaban J connectivity index is 1.87. The molecule has 1 N–H and O–H groups in total. The van der Waals surface area contributed by atoms with E-state index in [1.807, 2.05) is 19.9 Å². The molecule has 2 fully saturated rings. The highest BCUT2D eigenvalue weighted by molar-refractivity contribution is 5.98. The molecule has 0 bridgehead atoms. The number of carboxylic acid groups (broad SMARTS) is 1. The fraction of sp³-hybridized carbons (Fsp3) is 0.615. The van der Waals surface area contributed by atoms with Gasteiger partial charge in [0.05, 0.1) is 31.8 Å². The molecule has 0 radical (unpaired) electrons. The number of hydrogen-bond donors (Lipinski definition) is 1. The van der Waals surface area contributed by atoms with E-state index in [4.69, 9.17) is 23.7 Å². The van der Waals surface area contributed by atoms with Gasteiger partial charge in [0.15, 0.2) is 17.8 Å². The lowest BCUT2D eigenvalue weighted by Gasteiger charge is -2.31. The van der Waals surface area contributed by atoms with Gasteiger partial charge in [-0.05, 0) is 49.8 Å². The molecule has 8 heteroatoms. The van der Waals surface area contributed by atoms with Crippen molar-refractivity contribution in [3.05, 3.63) is 28.3 Å². The van der Waals surface area contributed by atoms with Gasteiger partial charge in [-0.25, -0.2) is 4.79 Å². The molecule has 1 aliphatic carbocycles. The maximum absolute atomic E-state index is 12.6. The largest absolute Gasteiger partial charge is 0.481 e. The zero-order valence-electron chi connectivity index (χ0n) is 20.2. The van der Waals surface area contributed by atoms with Gasteiger partial charge in [0.25, 0.3) is 5.79 Å². The lowest BCUT2D eigenvalue weighted by molar-refractivity contribution is -0.184. The lowest BCUT2D eigenvalue weighted by Crippen LogP contribution is -2.40. The highest BCUT2D eigenvalue weighted by Crippen LogP contribution is 2.54. The van der Waals surface area contributed by atoms with Crippen LogP contribution in [0.25, 0.3) is 6.08 Å². The third-order valence-corrected chi connectivity index (χ3v) is 6.39. The second-order valence-corrected chi connectivity index (χ2v) is 9.34. The Morgan fingerprint density at radius 3 is 2.41 bits per heavy atom. The minimum atomic E-state index is -1.11. The molecule has 1 spiro atoms. The van der Waals surface area contributed by atoms with E-state index in [2.05, 4.69) is 0 Å². The van der Waals surface area contributed by atoms with Crippen molar-refractivity contribution in [2.24, 2.45) is 0 Å². The second kappa shape index (κ2) is 10.4. The van der Waals surface area contributed by atoms with E-state index in [1.54, 1.807) is 13.0 Å². The first-order chi connectivity index (χ1) is 16.3. The zero-order valence-corrected chi connectivity index (χ0v) is 20.2. The van der Waals surface area contributed by atoms with Gasteiger partial charge in [0.1, 0.15) is 0 Å². The van der Waals surface area contributed by atoms with E-state index in [0.29, 0.717) is 35.8 Å². The van der Waals surface area contributed by atoms with E-state index in [1.165, 1.54) is 0 Å². The summed E-state index contributed by atoms with van der Waals surface area (Å²) in [5.41, 5.74) is 2.32. The van der Waals surface area contributed by atoms with Gasteiger partial charge in [0.2, 0.25) is 0 Å². The molecule has 3 aliphatic rings. The van der Waals surface area contributed by atoms with Crippen molar-refractivity contribution in [2.45, 2.75) is 83.7 Å². The average Bonchev–Trinajstić information content (AvgIpc) is 3.16. The second-order valence-electron chi connectivity index (χ2n) is 9.34. The van der Waals surface area contributed by atoms with Crippen LogP contribution >= 0.6 is 0 Å². The predicted molar refractivity (Wildman–Crippen MR) is 124 cm³/mol. The smallest absolute Gasteiger partial charge is 0.334 e. The van der Waals surface area contributed by atoms with Crippen LogP contribution in [-0.2, 0) is 23.8 Å². The minimum Gasteiger partial charge on any atom is -0.481 e. The molecule has 0 amide bonds. The Bertz CT molecular complexity index is 952. The molecule has 1 aromatic rings. The maximum Gasteiger partial charge on any atom is 0.334 e. The Kier molecular flexibility index (Phi) is 7.48. The summed E-state index contributed by atoms with van der Waals surface area (Å²) in [5.74, 6) is -1.17. The summed E-state index contributed by atoms with van der Waals surface area (Å²) in [7, 11) is 0. The molecular formula is C26H34O8. The summed E-state index contributed by atoms with van der Waals surface area (Å²) in [6.45, 7) is 7.06.